The molecule has 0 aromatic heterocycles. The van der Waals surface area contributed by atoms with E-state index in [0.717, 1.165) is 0 Å². The van der Waals surface area contributed by atoms with Gasteiger partial charge in [-0.2, -0.15) is 4.99 Å². The first-order valence-electron chi connectivity index (χ1n) is 4.79. The van der Waals surface area contributed by atoms with Crippen LogP contribution in [0, 0.1) is 5.41 Å². The normalized spacial score (nSPS) is 10.1. The Morgan fingerprint density at radius 2 is 1.93 bits per heavy atom. The maximum absolute atomic E-state index is 5.92. The lowest BCUT2D eigenvalue weighted by atomic mass is 9.97. The number of allylic oxidation sites excluding steroid dienone is 1. The predicted molar refractivity (Wildman–Crippen MR) is 66.1 cm³/mol. The van der Waals surface area contributed by atoms with Gasteiger partial charge in [0.2, 0.25) is 0 Å². The molecule has 1 aromatic carbocycles. The summed E-state index contributed by atoms with van der Waals surface area (Å²) in [6.45, 7) is 6.28. The van der Waals surface area contributed by atoms with E-state index >= 15 is 0 Å². The van der Waals surface area contributed by atoms with Crippen molar-refractivity contribution in [3.63, 3.8) is 0 Å². The van der Waals surface area contributed by atoms with E-state index in [9.17, 15) is 0 Å². The number of rotatable bonds is 1. The van der Waals surface area contributed by atoms with Crippen molar-refractivity contribution in [2.24, 2.45) is 10.4 Å². The highest BCUT2D eigenvalue weighted by molar-refractivity contribution is 6.33. The lowest BCUT2D eigenvalue weighted by Gasteiger charge is -2.07. The van der Waals surface area contributed by atoms with Crippen LogP contribution in [-0.2, 0) is 0 Å². The van der Waals surface area contributed by atoms with Gasteiger partial charge >= 0.3 is 0 Å². The minimum Gasteiger partial charge on any atom is -0.196 e. The molecule has 15 heavy (non-hydrogen) atoms. The van der Waals surface area contributed by atoms with Gasteiger partial charge in [-0.3, -0.25) is 0 Å². The molecule has 0 aliphatic heterocycles. The largest absolute Gasteiger partial charge is 0.196 e. The number of benzene rings is 1. The van der Waals surface area contributed by atoms with E-state index in [4.69, 9.17) is 11.6 Å². The molecule has 0 aliphatic rings. The summed E-state index contributed by atoms with van der Waals surface area (Å²) in [5.74, 6) is 2.73. The van der Waals surface area contributed by atoms with Crippen molar-refractivity contribution >= 4 is 23.2 Å². The summed E-state index contributed by atoms with van der Waals surface area (Å²) >= 11 is 5.92. The zero-order valence-corrected chi connectivity index (χ0v) is 9.97. The topological polar surface area (TPSA) is 12.4 Å². The molecule has 1 rings (SSSR count). The van der Waals surface area contributed by atoms with Gasteiger partial charge < -0.3 is 0 Å². The molecule has 0 unspecified atom stereocenters. The highest BCUT2D eigenvalue weighted by Gasteiger charge is 2.02. The fourth-order valence-electron chi connectivity index (χ4n) is 0.884. The van der Waals surface area contributed by atoms with Gasteiger partial charge in [-0.15, -0.1) is 0 Å². The van der Waals surface area contributed by atoms with Gasteiger partial charge in [-0.05, 0) is 23.6 Å². The fourth-order valence-corrected chi connectivity index (χ4v) is 1.06. The Labute approximate surface area is 95.8 Å². The number of aliphatic imine (C=N–C) groups is 1. The zero-order chi connectivity index (χ0) is 11.3. The average Bonchev–Trinajstić information content (AvgIpc) is 2.13. The number of para-hydroxylation sites is 1. The summed E-state index contributed by atoms with van der Waals surface area (Å²) in [6, 6.07) is 7.40. The molecule has 0 aliphatic carbocycles. The Bertz CT molecular complexity index is 428. The third-order valence-electron chi connectivity index (χ3n) is 1.60. The maximum Gasteiger partial charge on any atom is 0.0923 e. The smallest absolute Gasteiger partial charge is 0.0923 e. The summed E-state index contributed by atoms with van der Waals surface area (Å²) in [5, 5.41) is 0.627. The van der Waals surface area contributed by atoms with Crippen LogP contribution in [0.1, 0.15) is 20.8 Å². The molecule has 2 heteroatoms. The Hall–Kier alpha value is -1.26. The first-order chi connectivity index (χ1) is 6.99. The number of halogens is 1. The third-order valence-corrected chi connectivity index (χ3v) is 1.92. The fraction of sp³-hybridized carbons (Fsp3) is 0.308. The molecule has 0 N–H and O–H groups in total. The van der Waals surface area contributed by atoms with Crippen molar-refractivity contribution in [3.8, 4) is 0 Å². The number of hydrogen-bond acceptors (Lipinski definition) is 1. The Kier molecular flexibility index (Phi) is 3.94. The van der Waals surface area contributed by atoms with Crippen molar-refractivity contribution in [1.29, 1.82) is 0 Å². The van der Waals surface area contributed by atoms with Crippen LogP contribution >= 0.6 is 11.6 Å². The standard InChI is InChI=1S/C13H14ClN/c1-13(2,3)9-6-10-15-12-8-5-4-7-11(12)14/h4-5,7-9H,1-3H3. The third kappa shape index (κ3) is 4.67. The van der Waals surface area contributed by atoms with Crippen molar-refractivity contribution in [2.45, 2.75) is 20.8 Å². The minimum absolute atomic E-state index is 0.100. The van der Waals surface area contributed by atoms with E-state index in [2.05, 4.69) is 37.4 Å². The molecular weight excluding hydrogens is 206 g/mol. The minimum atomic E-state index is 0.100. The summed E-state index contributed by atoms with van der Waals surface area (Å²) < 4.78 is 0. The summed E-state index contributed by atoms with van der Waals surface area (Å²) in [6.07, 6.45) is 1.92. The molecule has 0 radical (unpaired) electrons. The number of hydrogen-bond donors (Lipinski definition) is 0. The average molecular weight is 220 g/mol. The monoisotopic (exact) mass is 219 g/mol. The van der Waals surface area contributed by atoms with Gasteiger partial charge in [0.05, 0.1) is 10.7 Å². The zero-order valence-electron chi connectivity index (χ0n) is 9.21. The Morgan fingerprint density at radius 3 is 2.53 bits per heavy atom. The second kappa shape index (κ2) is 5.00. The number of nitrogens with zero attached hydrogens (tertiary/aromatic N) is 1. The van der Waals surface area contributed by atoms with Gasteiger partial charge in [0.25, 0.3) is 0 Å². The summed E-state index contributed by atoms with van der Waals surface area (Å²) in [7, 11) is 0. The molecule has 0 saturated carbocycles. The quantitative estimate of drug-likeness (QED) is 0.491. The van der Waals surface area contributed by atoms with E-state index in [1.165, 1.54) is 0 Å². The SMILES string of the molecule is CC(C)(C)C=C=C=Nc1ccccc1Cl. The van der Waals surface area contributed by atoms with Gasteiger partial charge in [-0.1, -0.05) is 50.2 Å². The van der Waals surface area contributed by atoms with Gasteiger partial charge in [-0.25, -0.2) is 0 Å². The lowest BCUT2D eigenvalue weighted by molar-refractivity contribution is 0.545. The van der Waals surface area contributed by atoms with Crippen molar-refractivity contribution < 1.29 is 0 Å². The Morgan fingerprint density at radius 1 is 1.27 bits per heavy atom. The molecule has 0 spiro atoms. The van der Waals surface area contributed by atoms with Crippen LogP contribution in [0.4, 0.5) is 5.69 Å². The van der Waals surface area contributed by atoms with Gasteiger partial charge in [0.15, 0.2) is 0 Å². The molecule has 0 heterocycles. The first-order valence-corrected chi connectivity index (χ1v) is 5.17. The van der Waals surface area contributed by atoms with Crippen molar-refractivity contribution in [3.05, 3.63) is 41.1 Å². The molecule has 0 saturated heterocycles. The van der Waals surface area contributed by atoms with Crippen LogP contribution < -0.4 is 0 Å². The van der Waals surface area contributed by atoms with Crippen LogP contribution in [0.3, 0.4) is 0 Å². The summed E-state index contributed by atoms with van der Waals surface area (Å²) in [4.78, 5) is 4.08. The highest BCUT2D eigenvalue weighted by Crippen LogP contribution is 2.22. The second-order valence-corrected chi connectivity index (χ2v) is 4.74. The molecule has 0 bridgehead atoms. The second-order valence-electron chi connectivity index (χ2n) is 4.33. The van der Waals surface area contributed by atoms with E-state index in [1.807, 2.05) is 24.3 Å². The van der Waals surface area contributed by atoms with Crippen LogP contribution in [0.2, 0.25) is 5.02 Å². The lowest BCUT2D eigenvalue weighted by Crippen LogP contribution is -1.96. The maximum atomic E-state index is 5.92. The highest BCUT2D eigenvalue weighted by atomic mass is 35.5. The van der Waals surface area contributed by atoms with Gasteiger partial charge in [0.1, 0.15) is 0 Å². The Balaban J connectivity index is 2.92. The van der Waals surface area contributed by atoms with E-state index in [-0.39, 0.29) is 5.41 Å². The van der Waals surface area contributed by atoms with E-state index < -0.39 is 0 Å². The van der Waals surface area contributed by atoms with Gasteiger partial charge in [0, 0.05) is 5.87 Å². The molecule has 0 amide bonds. The molecular formula is C13H14ClN. The van der Waals surface area contributed by atoms with Crippen LogP contribution in [0.25, 0.3) is 0 Å². The van der Waals surface area contributed by atoms with Crippen molar-refractivity contribution in [2.75, 3.05) is 0 Å². The van der Waals surface area contributed by atoms with Crippen LogP contribution in [0.15, 0.2) is 41.1 Å². The molecule has 0 fully saturated rings. The van der Waals surface area contributed by atoms with Crippen LogP contribution in [-0.4, -0.2) is 5.87 Å². The predicted octanol–water partition coefficient (Wildman–Crippen LogP) is 4.40. The van der Waals surface area contributed by atoms with Crippen LogP contribution in [0.5, 0.6) is 0 Å². The summed E-state index contributed by atoms with van der Waals surface area (Å²) in [5.41, 5.74) is 3.72. The molecule has 1 nitrogen and oxygen atoms in total. The van der Waals surface area contributed by atoms with E-state index in [0.29, 0.717) is 10.7 Å². The van der Waals surface area contributed by atoms with Crippen molar-refractivity contribution in [1.82, 2.24) is 0 Å². The first kappa shape index (κ1) is 11.8. The van der Waals surface area contributed by atoms with E-state index in [1.54, 1.807) is 6.07 Å². The molecule has 0 atom stereocenters. The molecule has 78 valence electrons. The molecule has 1 aromatic rings.